The van der Waals surface area contributed by atoms with E-state index in [0.717, 1.165) is 6.61 Å². The lowest BCUT2D eigenvalue weighted by Crippen LogP contribution is -2.31. The summed E-state index contributed by atoms with van der Waals surface area (Å²) in [5, 5.41) is 0.605. The number of alkyl halides is 1. The Morgan fingerprint density at radius 3 is 2.58 bits per heavy atom. The van der Waals surface area contributed by atoms with Crippen LogP contribution in [0.15, 0.2) is 24.3 Å². The lowest BCUT2D eigenvalue weighted by Gasteiger charge is -2.32. The molecule has 0 aromatic heterocycles. The van der Waals surface area contributed by atoms with Crippen molar-refractivity contribution in [3.05, 3.63) is 35.6 Å². The van der Waals surface area contributed by atoms with E-state index in [9.17, 15) is 4.39 Å². The number of hydrogen-bond acceptors (Lipinski definition) is 1. The maximum Gasteiger partial charge on any atom is 0.129 e. The van der Waals surface area contributed by atoms with E-state index in [1.165, 1.54) is 38.2 Å². The molecule has 19 heavy (non-hydrogen) atoms. The van der Waals surface area contributed by atoms with E-state index in [0.29, 0.717) is 16.8 Å². The molecule has 1 fully saturated rings. The second-order valence-corrected chi connectivity index (χ2v) is 6.22. The summed E-state index contributed by atoms with van der Waals surface area (Å²) in [6.45, 7) is 2.69. The van der Waals surface area contributed by atoms with Crippen molar-refractivity contribution in [2.24, 2.45) is 5.92 Å². The van der Waals surface area contributed by atoms with Crippen molar-refractivity contribution in [2.45, 2.75) is 44.6 Å². The summed E-state index contributed by atoms with van der Waals surface area (Å²) in [6, 6.07) is 6.90. The van der Waals surface area contributed by atoms with Crippen LogP contribution in [-0.4, -0.2) is 11.9 Å². The van der Waals surface area contributed by atoms with Crippen LogP contribution in [0.2, 0.25) is 0 Å². The highest BCUT2D eigenvalue weighted by Crippen LogP contribution is 2.32. The summed E-state index contributed by atoms with van der Waals surface area (Å²) in [4.78, 5) is 0. The lowest BCUT2D eigenvalue weighted by molar-refractivity contribution is -0.0424. The van der Waals surface area contributed by atoms with Gasteiger partial charge in [-0.2, -0.15) is 0 Å². The topological polar surface area (TPSA) is 9.23 Å². The van der Waals surface area contributed by atoms with Crippen molar-refractivity contribution in [3.8, 4) is 0 Å². The van der Waals surface area contributed by atoms with E-state index in [4.69, 9.17) is 4.74 Å². The molecule has 1 nitrogen and oxygen atoms in total. The van der Waals surface area contributed by atoms with Crippen LogP contribution in [-0.2, 0) is 10.3 Å². The molecule has 1 atom stereocenters. The van der Waals surface area contributed by atoms with Crippen molar-refractivity contribution < 1.29 is 9.13 Å². The summed E-state index contributed by atoms with van der Waals surface area (Å²) in [7, 11) is 0. The molecule has 0 saturated heterocycles. The third-order valence-electron chi connectivity index (χ3n) is 4.06. The molecule has 1 saturated carbocycles. The summed E-state index contributed by atoms with van der Waals surface area (Å²) in [5.74, 6) is 0.451. The maximum absolute atomic E-state index is 13.9. The zero-order chi connectivity index (χ0) is 13.7. The molecule has 0 spiro atoms. The van der Waals surface area contributed by atoms with Gasteiger partial charge in [-0.25, -0.2) is 4.39 Å². The molecule has 0 bridgehead atoms. The number of ether oxygens (including phenoxy) is 1. The van der Waals surface area contributed by atoms with E-state index in [-0.39, 0.29) is 5.82 Å². The van der Waals surface area contributed by atoms with Gasteiger partial charge in [-0.1, -0.05) is 53.4 Å². The maximum atomic E-state index is 13.9. The Labute approximate surface area is 123 Å². The molecule has 0 aliphatic heterocycles. The first-order valence-corrected chi connectivity index (χ1v) is 8.23. The first-order valence-electron chi connectivity index (χ1n) is 7.10. The van der Waals surface area contributed by atoms with Crippen LogP contribution in [0.3, 0.4) is 0 Å². The van der Waals surface area contributed by atoms with E-state index < -0.39 is 5.60 Å². The Morgan fingerprint density at radius 1 is 1.26 bits per heavy atom. The van der Waals surface area contributed by atoms with Crippen LogP contribution in [0.5, 0.6) is 0 Å². The fourth-order valence-corrected chi connectivity index (χ4v) is 3.20. The number of benzene rings is 1. The molecular weight excluding hydrogens is 307 g/mol. The van der Waals surface area contributed by atoms with Crippen LogP contribution < -0.4 is 0 Å². The predicted octanol–water partition coefficient (Wildman–Crippen LogP) is 5.03. The minimum absolute atomic E-state index is 0.187. The van der Waals surface area contributed by atoms with Crippen LogP contribution in [0.25, 0.3) is 0 Å². The van der Waals surface area contributed by atoms with Crippen molar-refractivity contribution in [2.75, 3.05) is 11.9 Å². The number of rotatable bonds is 5. The van der Waals surface area contributed by atoms with Gasteiger partial charge in [0.25, 0.3) is 0 Å². The molecule has 0 radical (unpaired) electrons. The highest BCUT2D eigenvalue weighted by molar-refractivity contribution is 9.09. The molecule has 0 heterocycles. The lowest BCUT2D eigenvalue weighted by atomic mass is 9.89. The summed E-state index contributed by atoms with van der Waals surface area (Å²) in [6.07, 6.45) is 6.45. The van der Waals surface area contributed by atoms with Gasteiger partial charge in [-0.15, -0.1) is 0 Å². The summed E-state index contributed by atoms with van der Waals surface area (Å²) < 4.78 is 20.0. The van der Waals surface area contributed by atoms with E-state index in [1.54, 1.807) is 6.07 Å². The Bertz CT molecular complexity index is 403. The Kier molecular flexibility index (Phi) is 5.40. The van der Waals surface area contributed by atoms with Gasteiger partial charge < -0.3 is 4.74 Å². The molecule has 3 heteroatoms. The molecule has 1 aliphatic rings. The third-order valence-corrected chi connectivity index (χ3v) is 5.13. The summed E-state index contributed by atoms with van der Waals surface area (Å²) in [5.41, 5.74) is 0.0608. The molecule has 0 N–H and O–H groups in total. The normalized spacial score (nSPS) is 20.2. The molecule has 1 aromatic carbocycles. The number of hydrogen-bond donors (Lipinski definition) is 0. The van der Waals surface area contributed by atoms with Gasteiger partial charge in [-0.05, 0) is 31.7 Å². The molecular formula is C16H22BrFO. The van der Waals surface area contributed by atoms with Gasteiger partial charge in [0.15, 0.2) is 0 Å². The second kappa shape index (κ2) is 6.85. The van der Waals surface area contributed by atoms with Gasteiger partial charge >= 0.3 is 0 Å². The zero-order valence-corrected chi connectivity index (χ0v) is 13.1. The first kappa shape index (κ1) is 15.0. The molecule has 0 amide bonds. The summed E-state index contributed by atoms with van der Waals surface area (Å²) >= 11 is 3.48. The van der Waals surface area contributed by atoms with Gasteiger partial charge in [0, 0.05) is 10.9 Å². The number of halogens is 2. The minimum Gasteiger partial charge on any atom is -0.369 e. The molecule has 1 aromatic rings. The smallest absolute Gasteiger partial charge is 0.129 e. The van der Waals surface area contributed by atoms with Crippen molar-refractivity contribution in [1.29, 1.82) is 0 Å². The second-order valence-electron chi connectivity index (χ2n) is 5.66. The van der Waals surface area contributed by atoms with E-state index >= 15 is 0 Å². The van der Waals surface area contributed by atoms with E-state index in [1.807, 2.05) is 19.1 Å². The minimum atomic E-state index is -0.581. The fourth-order valence-electron chi connectivity index (χ4n) is 2.73. The average Bonchev–Trinajstić information content (AvgIpc) is 2.46. The largest absolute Gasteiger partial charge is 0.369 e. The van der Waals surface area contributed by atoms with Gasteiger partial charge in [0.05, 0.1) is 6.61 Å². The highest BCUT2D eigenvalue weighted by atomic mass is 79.9. The van der Waals surface area contributed by atoms with E-state index in [2.05, 4.69) is 15.9 Å². The van der Waals surface area contributed by atoms with Crippen molar-refractivity contribution >= 4 is 15.9 Å². The zero-order valence-electron chi connectivity index (χ0n) is 11.5. The average molecular weight is 329 g/mol. The van der Waals surface area contributed by atoms with Crippen LogP contribution >= 0.6 is 15.9 Å². The highest BCUT2D eigenvalue weighted by Gasteiger charge is 2.30. The van der Waals surface area contributed by atoms with Gasteiger partial charge in [-0.3, -0.25) is 0 Å². The standard InChI is InChI=1S/C16H22BrFO/c1-16(12-17,14-9-5-6-10-15(14)18)19-11-13-7-3-2-4-8-13/h5-6,9-10,13H,2-4,7-8,11-12H2,1H3. The molecule has 2 rings (SSSR count). The first-order chi connectivity index (χ1) is 9.15. The Hall–Kier alpha value is -0.410. The van der Waals surface area contributed by atoms with Gasteiger partial charge in [0.1, 0.15) is 11.4 Å². The Morgan fingerprint density at radius 2 is 1.95 bits per heavy atom. The third kappa shape index (κ3) is 3.79. The predicted molar refractivity (Wildman–Crippen MR) is 80.1 cm³/mol. The quantitative estimate of drug-likeness (QED) is 0.688. The SMILES string of the molecule is CC(CBr)(OCC1CCCCC1)c1ccccc1F. The molecule has 1 aliphatic carbocycles. The van der Waals surface area contributed by atoms with Crippen LogP contribution in [0.1, 0.15) is 44.6 Å². The molecule has 1 unspecified atom stereocenters. The van der Waals surface area contributed by atoms with Gasteiger partial charge in [0.2, 0.25) is 0 Å². The monoisotopic (exact) mass is 328 g/mol. The van der Waals surface area contributed by atoms with Crippen molar-refractivity contribution in [3.63, 3.8) is 0 Å². The van der Waals surface area contributed by atoms with Crippen LogP contribution in [0, 0.1) is 11.7 Å². The molecule has 106 valence electrons. The van der Waals surface area contributed by atoms with Crippen molar-refractivity contribution in [1.82, 2.24) is 0 Å². The van der Waals surface area contributed by atoms with Crippen LogP contribution in [0.4, 0.5) is 4.39 Å². The Balaban J connectivity index is 2.03. The fraction of sp³-hybridized carbons (Fsp3) is 0.625.